The van der Waals surface area contributed by atoms with Gasteiger partial charge in [0, 0.05) is 53.8 Å². The van der Waals surface area contributed by atoms with Crippen LogP contribution in [0.25, 0.3) is 5.57 Å². The lowest BCUT2D eigenvalue weighted by Crippen LogP contribution is -2.33. The van der Waals surface area contributed by atoms with Crippen LogP contribution in [-0.2, 0) is 14.4 Å². The van der Waals surface area contributed by atoms with Gasteiger partial charge in [-0.1, -0.05) is 23.4 Å². The van der Waals surface area contributed by atoms with E-state index in [1.165, 1.54) is 61.7 Å². The fraction of sp³-hybridized carbons (Fsp3) is 0.192. The number of carbonyl (C=O) groups excluding carboxylic acids is 3. The van der Waals surface area contributed by atoms with Crippen molar-refractivity contribution < 1.29 is 28.0 Å². The summed E-state index contributed by atoms with van der Waals surface area (Å²) in [5.74, 6) is -5.04. The predicted octanol–water partition coefficient (Wildman–Crippen LogP) is 4.08. The Balaban J connectivity index is 1.61. The molecule has 1 aliphatic heterocycles. The summed E-state index contributed by atoms with van der Waals surface area (Å²) in [6.07, 6.45) is 3.04. The van der Waals surface area contributed by atoms with Crippen molar-refractivity contribution in [1.82, 2.24) is 9.97 Å². The molecule has 3 amide bonds. The van der Waals surface area contributed by atoms with Gasteiger partial charge in [0.1, 0.15) is 12.8 Å². The van der Waals surface area contributed by atoms with Gasteiger partial charge >= 0.3 is 0 Å². The molecule has 2 heterocycles. The summed E-state index contributed by atoms with van der Waals surface area (Å²) < 4.78 is 30.6. The second kappa shape index (κ2) is 11.0. The van der Waals surface area contributed by atoms with Crippen LogP contribution < -0.4 is 15.5 Å². The molecule has 3 N–H and O–H groups in total. The standard InChI is InChI=1S/C26H24F2N6O4/c1-16(33-38-2)23(36)31-18-9-7-17(8-10-18)24(37)34-14-11-26(27,28)20(19-5-3-4-6-21(19)34)15-22(35)32-25-29-12-13-30-25/h3-10,12-13,15H,11,14H2,1-2H3,(H,31,36)(H2,29,30,32,35)/b20-15?,33-16-. The third-order valence-electron chi connectivity index (χ3n) is 5.74. The van der Waals surface area contributed by atoms with Crippen LogP contribution in [-0.4, -0.2) is 53.0 Å². The van der Waals surface area contributed by atoms with E-state index in [2.05, 4.69) is 30.6 Å². The number of carbonyl (C=O) groups is 3. The zero-order chi connectivity index (χ0) is 27.3. The topological polar surface area (TPSA) is 129 Å². The first kappa shape index (κ1) is 26.2. The number of rotatable bonds is 6. The summed E-state index contributed by atoms with van der Waals surface area (Å²) in [5.41, 5.74) is 0.555. The monoisotopic (exact) mass is 522 g/mol. The second-order valence-electron chi connectivity index (χ2n) is 8.30. The molecule has 10 nitrogen and oxygen atoms in total. The number of nitrogens with zero attached hydrogens (tertiary/aromatic N) is 3. The van der Waals surface area contributed by atoms with Crippen LogP contribution in [0, 0.1) is 0 Å². The Hall–Kier alpha value is -4.87. The van der Waals surface area contributed by atoms with E-state index in [0.29, 0.717) is 5.69 Å². The first-order chi connectivity index (χ1) is 18.2. The van der Waals surface area contributed by atoms with Gasteiger partial charge in [-0.05, 0) is 37.3 Å². The maximum Gasteiger partial charge on any atom is 0.275 e. The SMILES string of the molecule is CO/N=C(/C)C(=O)Nc1ccc(C(=O)N2CCC(F)(F)C(=CC(=O)Nc3ncc[nH]3)c3ccccc32)cc1. The average molecular weight is 523 g/mol. The molecule has 0 radical (unpaired) electrons. The molecular weight excluding hydrogens is 498 g/mol. The van der Waals surface area contributed by atoms with Crippen LogP contribution in [0.15, 0.2) is 72.2 Å². The first-order valence-corrected chi connectivity index (χ1v) is 11.5. The lowest BCUT2D eigenvalue weighted by atomic mass is 9.97. The number of alkyl halides is 2. The summed E-state index contributed by atoms with van der Waals surface area (Å²) in [7, 11) is 1.32. The maximum absolute atomic E-state index is 15.3. The van der Waals surface area contributed by atoms with Gasteiger partial charge in [0.15, 0.2) is 0 Å². The Morgan fingerprint density at radius 1 is 1.13 bits per heavy atom. The van der Waals surface area contributed by atoms with Crippen molar-refractivity contribution in [2.45, 2.75) is 19.3 Å². The summed E-state index contributed by atoms with van der Waals surface area (Å²) in [6, 6.07) is 12.2. The highest BCUT2D eigenvalue weighted by molar-refractivity contribution is 6.42. The average Bonchev–Trinajstić information content (AvgIpc) is 3.37. The molecule has 0 bridgehead atoms. The summed E-state index contributed by atoms with van der Waals surface area (Å²) in [5, 5.41) is 8.59. The quantitative estimate of drug-likeness (QED) is 0.255. The molecule has 38 heavy (non-hydrogen) atoms. The Labute approximate surface area is 216 Å². The van der Waals surface area contributed by atoms with Crippen molar-refractivity contribution in [3.63, 3.8) is 0 Å². The molecule has 1 aromatic heterocycles. The predicted molar refractivity (Wildman–Crippen MR) is 138 cm³/mol. The summed E-state index contributed by atoms with van der Waals surface area (Å²) >= 11 is 0. The number of oxime groups is 1. The van der Waals surface area contributed by atoms with E-state index < -0.39 is 35.6 Å². The molecule has 3 aromatic rings. The number of benzene rings is 2. The van der Waals surface area contributed by atoms with E-state index in [9.17, 15) is 14.4 Å². The fourth-order valence-electron chi connectivity index (χ4n) is 3.90. The minimum Gasteiger partial charge on any atom is -0.399 e. The molecule has 12 heteroatoms. The Morgan fingerprint density at radius 3 is 2.55 bits per heavy atom. The Morgan fingerprint density at radius 2 is 1.87 bits per heavy atom. The highest BCUT2D eigenvalue weighted by atomic mass is 19.3. The van der Waals surface area contributed by atoms with Gasteiger partial charge in [0.05, 0.1) is 5.69 Å². The largest absolute Gasteiger partial charge is 0.399 e. The van der Waals surface area contributed by atoms with E-state index in [4.69, 9.17) is 0 Å². The molecule has 0 saturated heterocycles. The van der Waals surface area contributed by atoms with Crippen LogP contribution in [0.2, 0.25) is 0 Å². The van der Waals surface area contributed by atoms with E-state index >= 15 is 8.78 Å². The van der Waals surface area contributed by atoms with Crippen LogP contribution in [0.5, 0.6) is 0 Å². The molecule has 4 rings (SSSR count). The van der Waals surface area contributed by atoms with Crippen molar-refractivity contribution in [3.05, 3.63) is 78.1 Å². The van der Waals surface area contributed by atoms with Crippen LogP contribution >= 0.6 is 0 Å². The van der Waals surface area contributed by atoms with E-state index in [-0.39, 0.29) is 35.0 Å². The van der Waals surface area contributed by atoms with Gasteiger partial charge in [0.2, 0.25) is 5.95 Å². The number of aromatic nitrogens is 2. The lowest BCUT2D eigenvalue weighted by molar-refractivity contribution is -0.112. The molecule has 196 valence electrons. The first-order valence-electron chi connectivity index (χ1n) is 11.5. The minimum atomic E-state index is -3.39. The van der Waals surface area contributed by atoms with Crippen LogP contribution in [0.3, 0.4) is 0 Å². The minimum absolute atomic E-state index is 0.0646. The molecule has 0 spiro atoms. The Kier molecular flexibility index (Phi) is 7.61. The highest BCUT2D eigenvalue weighted by Crippen LogP contribution is 2.43. The van der Waals surface area contributed by atoms with Crippen molar-refractivity contribution >= 4 is 46.3 Å². The number of imidazole rings is 1. The van der Waals surface area contributed by atoms with Gasteiger partial charge < -0.3 is 20.0 Å². The maximum atomic E-state index is 15.3. The zero-order valence-corrected chi connectivity index (χ0v) is 20.5. The molecule has 0 unspecified atom stereocenters. The van der Waals surface area contributed by atoms with Crippen molar-refractivity contribution in [1.29, 1.82) is 0 Å². The van der Waals surface area contributed by atoms with E-state index in [1.54, 1.807) is 18.2 Å². The normalized spacial score (nSPS) is 15.8. The number of nitrogens with one attached hydrogen (secondary N) is 3. The van der Waals surface area contributed by atoms with Crippen molar-refractivity contribution in [2.24, 2.45) is 5.16 Å². The number of hydrogen-bond acceptors (Lipinski definition) is 6. The number of hydrogen-bond donors (Lipinski definition) is 3. The third-order valence-corrected chi connectivity index (χ3v) is 5.74. The molecule has 0 atom stereocenters. The molecular formula is C26H24F2N6O4. The number of H-pyrrole nitrogens is 1. The second-order valence-corrected chi connectivity index (χ2v) is 8.30. The van der Waals surface area contributed by atoms with Gasteiger partial charge in [-0.15, -0.1) is 0 Å². The number of para-hydroxylation sites is 1. The molecule has 0 aliphatic carbocycles. The molecule has 0 saturated carbocycles. The summed E-state index contributed by atoms with van der Waals surface area (Å²) in [6.45, 7) is 1.19. The van der Waals surface area contributed by atoms with Gasteiger partial charge in [-0.25, -0.2) is 13.8 Å². The molecule has 1 aliphatic rings. The molecule has 0 fully saturated rings. The number of amides is 3. The van der Waals surface area contributed by atoms with Crippen LogP contribution in [0.1, 0.15) is 29.3 Å². The van der Waals surface area contributed by atoms with Crippen LogP contribution in [0.4, 0.5) is 26.1 Å². The Bertz CT molecular complexity index is 1400. The number of fused-ring (bicyclic) bond motifs is 1. The fourth-order valence-corrected chi connectivity index (χ4v) is 3.90. The lowest BCUT2D eigenvalue weighted by Gasteiger charge is -2.23. The number of aromatic amines is 1. The van der Waals surface area contributed by atoms with E-state index in [1.807, 2.05) is 0 Å². The van der Waals surface area contributed by atoms with Gasteiger partial charge in [0.25, 0.3) is 23.6 Å². The van der Waals surface area contributed by atoms with E-state index in [0.717, 1.165) is 6.08 Å². The smallest absolute Gasteiger partial charge is 0.275 e. The molecule has 2 aromatic carbocycles. The van der Waals surface area contributed by atoms with Gasteiger partial charge in [-0.2, -0.15) is 0 Å². The third kappa shape index (κ3) is 5.75. The summed E-state index contributed by atoms with van der Waals surface area (Å²) in [4.78, 5) is 50.4. The zero-order valence-electron chi connectivity index (χ0n) is 20.5. The van der Waals surface area contributed by atoms with Crippen molar-refractivity contribution in [3.8, 4) is 0 Å². The van der Waals surface area contributed by atoms with Gasteiger partial charge in [-0.3, -0.25) is 19.7 Å². The number of halogens is 2. The highest BCUT2D eigenvalue weighted by Gasteiger charge is 2.41. The number of allylic oxidation sites excluding steroid dienone is 1. The number of anilines is 3. The van der Waals surface area contributed by atoms with Crippen molar-refractivity contribution in [2.75, 3.05) is 29.2 Å².